The Labute approximate surface area is 144 Å². The maximum Gasteiger partial charge on any atom is 0.252 e. The fourth-order valence-electron chi connectivity index (χ4n) is 2.09. The lowest BCUT2D eigenvalue weighted by molar-refractivity contribution is 0.0949. The third-order valence-corrected chi connectivity index (χ3v) is 4.80. The van der Waals surface area contributed by atoms with Crippen LogP contribution < -0.4 is 14.8 Å². The maximum atomic E-state index is 12.3. The van der Waals surface area contributed by atoms with Gasteiger partial charge in [-0.15, -0.1) is 0 Å². The second-order valence-corrected chi connectivity index (χ2v) is 5.88. The molecule has 0 aromatic heterocycles. The minimum Gasteiger partial charge on any atom is -0.497 e. The summed E-state index contributed by atoms with van der Waals surface area (Å²) < 4.78 is 11.5. The first-order valence-electron chi connectivity index (χ1n) is 6.81. The van der Waals surface area contributed by atoms with Crippen LogP contribution in [-0.4, -0.2) is 20.1 Å². The molecule has 4 nitrogen and oxygen atoms in total. The summed E-state index contributed by atoms with van der Waals surface area (Å²) in [7, 11) is 3.21. The van der Waals surface area contributed by atoms with E-state index in [4.69, 9.17) is 9.47 Å². The summed E-state index contributed by atoms with van der Waals surface area (Å²) in [4.78, 5) is 12.3. The second kappa shape index (κ2) is 7.49. The monoisotopic (exact) mass is 411 g/mol. The normalized spacial score (nSPS) is 10.2. The van der Waals surface area contributed by atoms with Crippen LogP contribution in [0.1, 0.15) is 21.5 Å². The van der Waals surface area contributed by atoms with Crippen molar-refractivity contribution in [3.63, 3.8) is 0 Å². The molecule has 0 aliphatic heterocycles. The molecule has 0 bridgehead atoms. The van der Waals surface area contributed by atoms with Crippen LogP contribution in [0, 0.1) is 10.5 Å². The van der Waals surface area contributed by atoms with Crippen LogP contribution in [0.2, 0.25) is 0 Å². The lowest BCUT2D eigenvalue weighted by atomic mass is 10.1. The first-order valence-corrected chi connectivity index (χ1v) is 7.89. The van der Waals surface area contributed by atoms with Gasteiger partial charge in [-0.05, 0) is 53.3 Å². The number of carbonyl (C=O) groups is 1. The van der Waals surface area contributed by atoms with E-state index in [0.717, 1.165) is 20.4 Å². The Hall–Kier alpha value is -1.76. The Balaban J connectivity index is 2.13. The van der Waals surface area contributed by atoms with E-state index < -0.39 is 0 Å². The second-order valence-electron chi connectivity index (χ2n) is 4.80. The van der Waals surface area contributed by atoms with Crippen molar-refractivity contribution in [2.24, 2.45) is 0 Å². The number of carbonyl (C=O) groups excluding carboxylic acids is 1. The van der Waals surface area contributed by atoms with Crippen molar-refractivity contribution in [2.75, 3.05) is 14.2 Å². The van der Waals surface area contributed by atoms with E-state index in [1.807, 2.05) is 37.3 Å². The topological polar surface area (TPSA) is 47.6 Å². The minimum atomic E-state index is -0.0917. The van der Waals surface area contributed by atoms with Crippen molar-refractivity contribution < 1.29 is 14.3 Å². The zero-order chi connectivity index (χ0) is 16.1. The van der Waals surface area contributed by atoms with Crippen molar-refractivity contribution >= 4 is 28.5 Å². The van der Waals surface area contributed by atoms with Gasteiger partial charge in [0, 0.05) is 21.7 Å². The van der Waals surface area contributed by atoms with E-state index in [9.17, 15) is 4.79 Å². The predicted molar refractivity (Wildman–Crippen MR) is 94.6 cm³/mol. The van der Waals surface area contributed by atoms with Crippen LogP contribution in [0.25, 0.3) is 0 Å². The Morgan fingerprint density at radius 1 is 1.18 bits per heavy atom. The van der Waals surface area contributed by atoms with Gasteiger partial charge in [0.1, 0.15) is 11.5 Å². The van der Waals surface area contributed by atoms with Gasteiger partial charge in [-0.25, -0.2) is 0 Å². The molecule has 2 aromatic carbocycles. The number of amides is 1. The molecule has 2 rings (SSSR count). The van der Waals surface area contributed by atoms with E-state index >= 15 is 0 Å². The largest absolute Gasteiger partial charge is 0.497 e. The third-order valence-electron chi connectivity index (χ3n) is 3.37. The molecule has 0 unspecified atom stereocenters. The first-order chi connectivity index (χ1) is 10.6. The van der Waals surface area contributed by atoms with E-state index in [1.54, 1.807) is 20.3 Å². The van der Waals surface area contributed by atoms with E-state index in [2.05, 4.69) is 27.9 Å². The number of rotatable bonds is 5. The fourth-order valence-corrected chi connectivity index (χ4v) is 2.70. The standard InChI is InChI=1S/C17H18INO3/c1-11-5-4-6-14(16(11)18)17(20)19-10-12-7-8-13(21-2)9-15(12)22-3/h4-9H,10H2,1-3H3,(H,19,20). The Kier molecular flexibility index (Phi) is 5.65. The molecule has 116 valence electrons. The summed E-state index contributed by atoms with van der Waals surface area (Å²) in [5.41, 5.74) is 2.68. The van der Waals surface area contributed by atoms with Crippen LogP contribution in [0.15, 0.2) is 36.4 Å². The van der Waals surface area contributed by atoms with Crippen molar-refractivity contribution in [3.05, 3.63) is 56.7 Å². The zero-order valence-electron chi connectivity index (χ0n) is 12.8. The summed E-state index contributed by atoms with van der Waals surface area (Å²) in [6, 6.07) is 11.2. The zero-order valence-corrected chi connectivity index (χ0v) is 14.9. The van der Waals surface area contributed by atoms with Gasteiger partial charge < -0.3 is 14.8 Å². The van der Waals surface area contributed by atoms with Gasteiger partial charge in [0.05, 0.1) is 19.8 Å². The van der Waals surface area contributed by atoms with Crippen LogP contribution >= 0.6 is 22.6 Å². The van der Waals surface area contributed by atoms with Crippen molar-refractivity contribution in [2.45, 2.75) is 13.5 Å². The molecule has 0 fully saturated rings. The number of ether oxygens (including phenoxy) is 2. The Morgan fingerprint density at radius 3 is 2.64 bits per heavy atom. The molecule has 2 aromatic rings. The SMILES string of the molecule is COc1ccc(CNC(=O)c2cccc(C)c2I)c(OC)c1. The van der Waals surface area contributed by atoms with Gasteiger partial charge >= 0.3 is 0 Å². The molecule has 0 aliphatic rings. The van der Waals surface area contributed by atoms with Crippen LogP contribution in [-0.2, 0) is 6.54 Å². The average molecular weight is 411 g/mol. The fraction of sp³-hybridized carbons (Fsp3) is 0.235. The van der Waals surface area contributed by atoms with Crippen molar-refractivity contribution in [1.82, 2.24) is 5.32 Å². The molecule has 0 heterocycles. The predicted octanol–water partition coefficient (Wildman–Crippen LogP) is 3.55. The van der Waals surface area contributed by atoms with Crippen molar-refractivity contribution in [3.8, 4) is 11.5 Å². The van der Waals surface area contributed by atoms with E-state index in [0.29, 0.717) is 17.9 Å². The highest BCUT2D eigenvalue weighted by atomic mass is 127. The van der Waals surface area contributed by atoms with Gasteiger partial charge in [-0.1, -0.05) is 12.1 Å². The average Bonchev–Trinajstić information content (AvgIpc) is 2.54. The number of nitrogens with one attached hydrogen (secondary N) is 1. The van der Waals surface area contributed by atoms with Gasteiger partial charge in [0.15, 0.2) is 0 Å². The van der Waals surface area contributed by atoms with E-state index in [1.165, 1.54) is 0 Å². The summed E-state index contributed by atoms with van der Waals surface area (Å²) >= 11 is 2.20. The highest BCUT2D eigenvalue weighted by Crippen LogP contribution is 2.24. The molecule has 1 N–H and O–H groups in total. The highest BCUT2D eigenvalue weighted by Gasteiger charge is 2.12. The molecule has 0 saturated heterocycles. The molecular weight excluding hydrogens is 393 g/mol. The van der Waals surface area contributed by atoms with Crippen LogP contribution in [0.5, 0.6) is 11.5 Å². The highest BCUT2D eigenvalue weighted by molar-refractivity contribution is 14.1. The van der Waals surface area contributed by atoms with Crippen molar-refractivity contribution in [1.29, 1.82) is 0 Å². The number of aryl methyl sites for hydroxylation is 1. The number of methoxy groups -OCH3 is 2. The summed E-state index contributed by atoms with van der Waals surface area (Å²) in [5, 5.41) is 2.93. The smallest absolute Gasteiger partial charge is 0.252 e. The number of halogens is 1. The summed E-state index contributed by atoms with van der Waals surface area (Å²) in [6.07, 6.45) is 0. The minimum absolute atomic E-state index is 0.0917. The molecule has 5 heteroatoms. The molecule has 0 atom stereocenters. The molecule has 0 saturated carbocycles. The quantitative estimate of drug-likeness (QED) is 0.766. The number of benzene rings is 2. The lowest BCUT2D eigenvalue weighted by Crippen LogP contribution is -2.24. The summed E-state index contributed by atoms with van der Waals surface area (Å²) in [6.45, 7) is 2.39. The lowest BCUT2D eigenvalue weighted by Gasteiger charge is -2.12. The maximum absolute atomic E-state index is 12.3. The first kappa shape index (κ1) is 16.6. The Morgan fingerprint density at radius 2 is 1.95 bits per heavy atom. The van der Waals surface area contributed by atoms with Gasteiger partial charge in [-0.3, -0.25) is 4.79 Å². The Bertz CT molecular complexity index is 686. The van der Waals surface area contributed by atoms with E-state index in [-0.39, 0.29) is 5.91 Å². The molecule has 0 aliphatic carbocycles. The van der Waals surface area contributed by atoms with Gasteiger partial charge in [-0.2, -0.15) is 0 Å². The van der Waals surface area contributed by atoms with Gasteiger partial charge in [0.2, 0.25) is 0 Å². The van der Waals surface area contributed by atoms with Crippen LogP contribution in [0.4, 0.5) is 0 Å². The summed E-state index contributed by atoms with van der Waals surface area (Å²) in [5.74, 6) is 1.32. The molecule has 22 heavy (non-hydrogen) atoms. The van der Waals surface area contributed by atoms with Gasteiger partial charge in [0.25, 0.3) is 5.91 Å². The number of hydrogen-bond acceptors (Lipinski definition) is 3. The number of hydrogen-bond donors (Lipinski definition) is 1. The molecule has 0 spiro atoms. The molecule has 1 amide bonds. The molecule has 0 radical (unpaired) electrons. The third kappa shape index (κ3) is 3.71. The molecular formula is C17H18INO3. The van der Waals surface area contributed by atoms with Crippen LogP contribution in [0.3, 0.4) is 0 Å².